The van der Waals surface area contributed by atoms with Crippen molar-refractivity contribution in [1.29, 1.82) is 0 Å². The Morgan fingerprint density at radius 3 is 2.48 bits per heavy atom. The van der Waals surface area contributed by atoms with Gasteiger partial charge in [0, 0.05) is 19.6 Å². The summed E-state index contributed by atoms with van der Waals surface area (Å²) >= 11 is 3.37. The molecule has 2 heterocycles. The van der Waals surface area contributed by atoms with E-state index in [4.69, 9.17) is 4.74 Å². The fraction of sp³-hybridized carbons (Fsp3) is 0.786. The molecule has 0 aliphatic carbocycles. The number of carbonyl (C=O) groups excluding carboxylic acids is 1. The molecule has 21 heavy (non-hydrogen) atoms. The van der Waals surface area contributed by atoms with Gasteiger partial charge in [-0.1, -0.05) is 5.21 Å². The molecule has 0 atom stereocenters. The summed E-state index contributed by atoms with van der Waals surface area (Å²) in [5.41, 5.74) is 0.613. The summed E-state index contributed by atoms with van der Waals surface area (Å²) in [6.45, 7) is 10.0. The summed E-state index contributed by atoms with van der Waals surface area (Å²) in [5.74, 6) is 0.524. The van der Waals surface area contributed by atoms with E-state index in [1.165, 1.54) is 0 Å². The zero-order valence-electron chi connectivity index (χ0n) is 13.1. The summed E-state index contributed by atoms with van der Waals surface area (Å²) in [4.78, 5) is 13.8. The van der Waals surface area contributed by atoms with Crippen molar-refractivity contribution >= 4 is 22.0 Å². The van der Waals surface area contributed by atoms with Crippen molar-refractivity contribution in [2.24, 2.45) is 5.92 Å². The molecule has 6 nitrogen and oxygen atoms in total. The van der Waals surface area contributed by atoms with Gasteiger partial charge in [-0.3, -0.25) is 0 Å². The third-order valence-electron chi connectivity index (χ3n) is 3.62. The van der Waals surface area contributed by atoms with Gasteiger partial charge in [-0.05, 0) is 62.4 Å². The van der Waals surface area contributed by atoms with Crippen molar-refractivity contribution in [3.63, 3.8) is 0 Å². The van der Waals surface area contributed by atoms with E-state index in [0.29, 0.717) is 5.92 Å². The van der Waals surface area contributed by atoms with Gasteiger partial charge in [0.05, 0.1) is 5.69 Å². The van der Waals surface area contributed by atoms with Gasteiger partial charge < -0.3 is 9.64 Å². The van der Waals surface area contributed by atoms with E-state index < -0.39 is 5.60 Å². The molecule has 118 valence electrons. The summed E-state index contributed by atoms with van der Waals surface area (Å²) in [6, 6.07) is 0. The van der Waals surface area contributed by atoms with Gasteiger partial charge in [-0.15, -0.1) is 5.10 Å². The molecule has 0 N–H and O–H groups in total. The van der Waals surface area contributed by atoms with Crippen LogP contribution in [0.4, 0.5) is 4.79 Å². The van der Waals surface area contributed by atoms with E-state index in [-0.39, 0.29) is 6.09 Å². The summed E-state index contributed by atoms with van der Waals surface area (Å²) in [5, 5.41) is 8.14. The second kappa shape index (κ2) is 6.34. The molecule has 1 saturated heterocycles. The van der Waals surface area contributed by atoms with Crippen LogP contribution in [0.15, 0.2) is 4.60 Å². The maximum atomic E-state index is 12.0. The molecule has 0 saturated carbocycles. The Labute approximate surface area is 134 Å². The molecule has 1 aromatic rings. The number of aromatic nitrogens is 3. The van der Waals surface area contributed by atoms with Crippen molar-refractivity contribution in [3.8, 4) is 0 Å². The van der Waals surface area contributed by atoms with Crippen LogP contribution in [0.25, 0.3) is 0 Å². The molecular formula is C14H23BrN4O2. The maximum absolute atomic E-state index is 12.0. The summed E-state index contributed by atoms with van der Waals surface area (Å²) in [7, 11) is 0. The van der Waals surface area contributed by atoms with Crippen molar-refractivity contribution in [2.45, 2.75) is 52.7 Å². The van der Waals surface area contributed by atoms with Crippen LogP contribution in [-0.4, -0.2) is 44.7 Å². The number of likely N-dealkylation sites (tertiary alicyclic amines) is 1. The lowest BCUT2D eigenvalue weighted by molar-refractivity contribution is 0.0176. The van der Waals surface area contributed by atoms with Crippen LogP contribution in [0.1, 0.15) is 39.3 Å². The number of hydrogen-bond acceptors (Lipinski definition) is 4. The first-order valence-corrected chi connectivity index (χ1v) is 8.09. The van der Waals surface area contributed by atoms with E-state index in [1.807, 2.05) is 32.4 Å². The van der Waals surface area contributed by atoms with Gasteiger partial charge in [0.2, 0.25) is 0 Å². The highest BCUT2D eigenvalue weighted by Crippen LogP contribution is 2.22. The van der Waals surface area contributed by atoms with Crippen LogP contribution in [0.2, 0.25) is 0 Å². The van der Waals surface area contributed by atoms with Gasteiger partial charge in [-0.2, -0.15) is 0 Å². The van der Waals surface area contributed by atoms with E-state index in [9.17, 15) is 4.79 Å². The topological polar surface area (TPSA) is 60.2 Å². The highest BCUT2D eigenvalue weighted by atomic mass is 79.9. The molecule has 1 aromatic heterocycles. The highest BCUT2D eigenvalue weighted by Gasteiger charge is 2.27. The number of nitrogens with zero attached hydrogens (tertiary/aromatic N) is 4. The Hall–Kier alpha value is -1.11. The third-order valence-corrected chi connectivity index (χ3v) is 4.36. The average molecular weight is 359 g/mol. The highest BCUT2D eigenvalue weighted by molar-refractivity contribution is 9.10. The van der Waals surface area contributed by atoms with Gasteiger partial charge in [-0.25, -0.2) is 9.48 Å². The van der Waals surface area contributed by atoms with E-state index in [1.54, 1.807) is 4.90 Å². The molecule has 1 amide bonds. The second-order valence-corrected chi connectivity index (χ2v) is 7.31. The van der Waals surface area contributed by atoms with Gasteiger partial charge in [0.1, 0.15) is 5.60 Å². The Bertz CT molecular complexity index is 502. The standard InChI is InChI=1S/C14H23BrN4O2/c1-10-12(15)16-17-19(10)9-11-5-7-18(8-6-11)13(20)21-14(2,3)4/h11H,5-9H2,1-4H3. The van der Waals surface area contributed by atoms with Crippen LogP contribution < -0.4 is 0 Å². The molecule has 0 aromatic carbocycles. The molecule has 0 radical (unpaired) electrons. The zero-order valence-corrected chi connectivity index (χ0v) is 14.7. The predicted octanol–water partition coefficient (Wildman–Crippen LogP) is 3.00. The van der Waals surface area contributed by atoms with Crippen LogP contribution >= 0.6 is 15.9 Å². The van der Waals surface area contributed by atoms with Crippen molar-refractivity contribution < 1.29 is 9.53 Å². The van der Waals surface area contributed by atoms with Crippen molar-refractivity contribution in [3.05, 3.63) is 10.3 Å². The molecule has 0 unspecified atom stereocenters. The van der Waals surface area contributed by atoms with Crippen molar-refractivity contribution in [1.82, 2.24) is 19.9 Å². The molecular weight excluding hydrogens is 336 g/mol. The Kier molecular flexibility index (Phi) is 4.91. The Balaban J connectivity index is 1.83. The minimum Gasteiger partial charge on any atom is -0.444 e. The molecule has 7 heteroatoms. The summed E-state index contributed by atoms with van der Waals surface area (Å²) in [6.07, 6.45) is 1.73. The third kappa shape index (κ3) is 4.43. The number of hydrogen-bond donors (Lipinski definition) is 0. The largest absolute Gasteiger partial charge is 0.444 e. The Morgan fingerprint density at radius 1 is 1.38 bits per heavy atom. The number of piperidine rings is 1. The van der Waals surface area contributed by atoms with Crippen LogP contribution in [-0.2, 0) is 11.3 Å². The van der Waals surface area contributed by atoms with Gasteiger partial charge in [0.15, 0.2) is 4.60 Å². The van der Waals surface area contributed by atoms with E-state index >= 15 is 0 Å². The lowest BCUT2D eigenvalue weighted by atomic mass is 9.97. The maximum Gasteiger partial charge on any atom is 0.410 e. The monoisotopic (exact) mass is 358 g/mol. The van der Waals surface area contributed by atoms with Crippen LogP contribution in [0.3, 0.4) is 0 Å². The molecule has 2 rings (SSSR count). The van der Waals surface area contributed by atoms with Crippen LogP contribution in [0, 0.1) is 12.8 Å². The number of amides is 1. The molecule has 0 spiro atoms. The van der Waals surface area contributed by atoms with Crippen molar-refractivity contribution in [2.75, 3.05) is 13.1 Å². The van der Waals surface area contributed by atoms with Gasteiger partial charge in [0.25, 0.3) is 0 Å². The minimum absolute atomic E-state index is 0.208. The summed E-state index contributed by atoms with van der Waals surface area (Å²) < 4.78 is 8.13. The molecule has 1 fully saturated rings. The van der Waals surface area contributed by atoms with E-state index in [0.717, 1.165) is 42.8 Å². The van der Waals surface area contributed by atoms with E-state index in [2.05, 4.69) is 26.2 Å². The molecule has 1 aliphatic rings. The fourth-order valence-electron chi connectivity index (χ4n) is 2.38. The lowest BCUT2D eigenvalue weighted by Gasteiger charge is -2.33. The molecule has 1 aliphatic heterocycles. The smallest absolute Gasteiger partial charge is 0.410 e. The number of halogens is 1. The second-order valence-electron chi connectivity index (χ2n) is 6.56. The number of carbonyl (C=O) groups is 1. The first-order valence-electron chi connectivity index (χ1n) is 7.30. The number of ether oxygens (including phenoxy) is 1. The van der Waals surface area contributed by atoms with Crippen LogP contribution in [0.5, 0.6) is 0 Å². The first kappa shape index (κ1) is 16.3. The first-order chi connectivity index (χ1) is 9.76. The molecule has 0 bridgehead atoms. The quantitative estimate of drug-likeness (QED) is 0.815. The lowest BCUT2D eigenvalue weighted by Crippen LogP contribution is -2.42. The fourth-order valence-corrected chi connectivity index (χ4v) is 2.66. The predicted molar refractivity (Wildman–Crippen MR) is 83.0 cm³/mol. The average Bonchev–Trinajstić information content (AvgIpc) is 2.69. The Morgan fingerprint density at radius 2 is 2.00 bits per heavy atom. The SMILES string of the molecule is Cc1c(Br)nnn1CC1CCN(C(=O)OC(C)(C)C)CC1. The number of rotatable bonds is 2. The zero-order chi connectivity index (χ0) is 15.6. The minimum atomic E-state index is -0.432. The normalized spacial score (nSPS) is 17.1. The van der Waals surface area contributed by atoms with Gasteiger partial charge >= 0.3 is 6.09 Å².